The quantitative estimate of drug-likeness (QED) is 0.508. The van der Waals surface area contributed by atoms with Crippen molar-refractivity contribution in [2.75, 3.05) is 6.61 Å². The summed E-state index contributed by atoms with van der Waals surface area (Å²) in [6.45, 7) is 5.11. The monoisotopic (exact) mass is 322 g/mol. The van der Waals surface area contributed by atoms with E-state index in [0.717, 1.165) is 41.7 Å². The fourth-order valence-electron chi connectivity index (χ4n) is 2.87. The number of aliphatic hydroxyl groups excluding tert-OH is 1. The number of rotatable bonds is 8. The molecule has 4 heteroatoms. The van der Waals surface area contributed by atoms with Gasteiger partial charge in [-0.3, -0.25) is 0 Å². The molecule has 0 fully saturated rings. The van der Waals surface area contributed by atoms with Gasteiger partial charge in [0, 0.05) is 6.54 Å². The maximum Gasteiger partial charge on any atom is 0.135 e. The highest BCUT2D eigenvalue weighted by molar-refractivity contribution is 5.75. The minimum atomic E-state index is -0.0578. The number of aryl methyl sites for hydroxylation is 1. The van der Waals surface area contributed by atoms with Crippen LogP contribution in [0.25, 0.3) is 11.0 Å². The Morgan fingerprint density at radius 1 is 1.12 bits per heavy atom. The lowest BCUT2D eigenvalue weighted by atomic mass is 10.1. The number of ether oxygens (including phenoxy) is 1. The van der Waals surface area contributed by atoms with Gasteiger partial charge in [0.25, 0.3) is 0 Å². The van der Waals surface area contributed by atoms with Gasteiger partial charge in [0.15, 0.2) is 0 Å². The van der Waals surface area contributed by atoms with Gasteiger partial charge >= 0.3 is 0 Å². The Labute approximate surface area is 142 Å². The van der Waals surface area contributed by atoms with Crippen molar-refractivity contribution in [2.24, 2.45) is 0 Å². The molecule has 0 aliphatic heterocycles. The summed E-state index contributed by atoms with van der Waals surface area (Å²) >= 11 is 0. The average Bonchev–Trinajstić information content (AvgIpc) is 2.98. The number of allylic oxidation sites excluding steroid dienone is 1. The molecular formula is C20H22N2O2. The number of imidazole rings is 1. The van der Waals surface area contributed by atoms with Gasteiger partial charge in [-0.05, 0) is 36.6 Å². The van der Waals surface area contributed by atoms with Crippen LogP contribution in [0.15, 0.2) is 61.2 Å². The smallest absolute Gasteiger partial charge is 0.135 e. The molecule has 0 spiro atoms. The van der Waals surface area contributed by atoms with Crippen LogP contribution in [0.3, 0.4) is 0 Å². The topological polar surface area (TPSA) is 47.3 Å². The van der Waals surface area contributed by atoms with Crippen LogP contribution in [0.1, 0.15) is 17.8 Å². The molecule has 3 aromatic rings. The zero-order valence-electron chi connectivity index (χ0n) is 13.7. The summed E-state index contributed by atoms with van der Waals surface area (Å²) in [5.41, 5.74) is 3.11. The zero-order valence-corrected chi connectivity index (χ0v) is 13.7. The molecule has 0 aliphatic rings. The number of aromatic nitrogens is 2. The Hall–Kier alpha value is -2.59. The summed E-state index contributed by atoms with van der Waals surface area (Å²) in [6.07, 6.45) is 3.53. The summed E-state index contributed by atoms with van der Waals surface area (Å²) in [5.74, 6) is 1.61. The Kier molecular flexibility index (Phi) is 5.29. The maximum absolute atomic E-state index is 9.53. The summed E-state index contributed by atoms with van der Waals surface area (Å²) in [7, 11) is 0. The van der Waals surface area contributed by atoms with Crippen LogP contribution >= 0.6 is 0 Å². The molecule has 0 aliphatic carbocycles. The van der Waals surface area contributed by atoms with E-state index in [1.165, 1.54) is 0 Å². The Balaban J connectivity index is 1.64. The molecule has 0 unspecified atom stereocenters. The van der Waals surface area contributed by atoms with Gasteiger partial charge < -0.3 is 14.4 Å². The fourth-order valence-corrected chi connectivity index (χ4v) is 2.87. The summed E-state index contributed by atoms with van der Waals surface area (Å²) in [4.78, 5) is 4.47. The molecule has 0 amide bonds. The first-order chi connectivity index (χ1) is 11.8. The lowest BCUT2D eigenvalue weighted by Gasteiger charge is -2.12. The third-order valence-corrected chi connectivity index (χ3v) is 4.00. The van der Waals surface area contributed by atoms with E-state index >= 15 is 0 Å². The lowest BCUT2D eigenvalue weighted by Crippen LogP contribution is -2.08. The molecule has 4 nitrogen and oxygen atoms in total. The van der Waals surface area contributed by atoms with Crippen LogP contribution in [0.2, 0.25) is 0 Å². The molecule has 124 valence electrons. The average molecular weight is 322 g/mol. The number of nitrogens with zero attached hydrogens (tertiary/aromatic N) is 2. The second-order valence-electron chi connectivity index (χ2n) is 5.63. The molecular weight excluding hydrogens is 300 g/mol. The van der Waals surface area contributed by atoms with E-state index in [-0.39, 0.29) is 6.61 Å². The van der Waals surface area contributed by atoms with Crippen molar-refractivity contribution >= 4 is 11.0 Å². The van der Waals surface area contributed by atoms with Crippen LogP contribution in [-0.2, 0) is 19.6 Å². The van der Waals surface area contributed by atoms with E-state index in [0.29, 0.717) is 12.4 Å². The highest BCUT2D eigenvalue weighted by Gasteiger charge is 2.09. The highest BCUT2D eigenvalue weighted by atomic mass is 16.5. The van der Waals surface area contributed by atoms with Crippen LogP contribution in [0, 0.1) is 0 Å². The van der Waals surface area contributed by atoms with Gasteiger partial charge in [-0.25, -0.2) is 4.98 Å². The van der Waals surface area contributed by atoms with E-state index in [1.54, 1.807) is 0 Å². The molecule has 3 rings (SSSR count). The molecule has 0 saturated heterocycles. The minimum Gasteiger partial charge on any atom is -0.493 e. The van der Waals surface area contributed by atoms with Gasteiger partial charge in [-0.15, -0.1) is 6.58 Å². The number of fused-ring (bicyclic) bond motifs is 1. The maximum atomic E-state index is 9.53. The Bertz CT molecular complexity index is 823. The van der Waals surface area contributed by atoms with Crippen molar-refractivity contribution in [3.63, 3.8) is 0 Å². The van der Waals surface area contributed by atoms with Crippen molar-refractivity contribution in [3.8, 4) is 5.75 Å². The van der Waals surface area contributed by atoms with Crippen molar-refractivity contribution in [2.45, 2.75) is 26.0 Å². The van der Waals surface area contributed by atoms with Crippen LogP contribution in [0.4, 0.5) is 0 Å². The van der Waals surface area contributed by atoms with Crippen LogP contribution < -0.4 is 4.74 Å². The molecule has 2 aromatic carbocycles. The second-order valence-corrected chi connectivity index (χ2v) is 5.63. The molecule has 1 N–H and O–H groups in total. The largest absolute Gasteiger partial charge is 0.493 e. The van der Waals surface area contributed by atoms with Crippen molar-refractivity contribution in [1.29, 1.82) is 0 Å². The number of aliphatic hydroxyl groups is 1. The van der Waals surface area contributed by atoms with Crippen molar-refractivity contribution in [3.05, 3.63) is 72.6 Å². The zero-order chi connectivity index (χ0) is 16.8. The van der Waals surface area contributed by atoms with Crippen LogP contribution in [0.5, 0.6) is 5.75 Å². The molecule has 1 aromatic heterocycles. The van der Waals surface area contributed by atoms with E-state index in [9.17, 15) is 5.11 Å². The van der Waals surface area contributed by atoms with E-state index in [2.05, 4.69) is 22.2 Å². The van der Waals surface area contributed by atoms with Gasteiger partial charge in [0.05, 0.1) is 17.6 Å². The van der Waals surface area contributed by atoms with E-state index in [4.69, 9.17) is 4.74 Å². The number of hydrogen-bond acceptors (Lipinski definition) is 3. The highest BCUT2D eigenvalue weighted by Crippen LogP contribution is 2.20. The van der Waals surface area contributed by atoms with E-state index in [1.807, 2.05) is 48.5 Å². The molecule has 24 heavy (non-hydrogen) atoms. The van der Waals surface area contributed by atoms with Gasteiger partial charge in [-0.2, -0.15) is 0 Å². The van der Waals surface area contributed by atoms with Gasteiger partial charge in [0.2, 0.25) is 0 Å². The Morgan fingerprint density at radius 2 is 1.92 bits per heavy atom. The number of hydrogen-bond donors (Lipinski definition) is 1. The first kappa shape index (κ1) is 16.3. The Morgan fingerprint density at radius 3 is 2.75 bits per heavy atom. The minimum absolute atomic E-state index is 0.0578. The van der Waals surface area contributed by atoms with E-state index < -0.39 is 0 Å². The molecule has 0 bridgehead atoms. The number of para-hydroxylation sites is 3. The number of benzene rings is 2. The third kappa shape index (κ3) is 3.49. The second kappa shape index (κ2) is 7.79. The molecule has 0 radical (unpaired) electrons. The first-order valence-corrected chi connectivity index (χ1v) is 8.20. The summed E-state index contributed by atoms with van der Waals surface area (Å²) in [5, 5.41) is 9.53. The van der Waals surface area contributed by atoms with Gasteiger partial charge in [-0.1, -0.05) is 36.4 Å². The molecule has 1 heterocycles. The summed E-state index contributed by atoms with van der Waals surface area (Å²) < 4.78 is 7.99. The van der Waals surface area contributed by atoms with Gasteiger partial charge in [0.1, 0.15) is 18.2 Å². The van der Waals surface area contributed by atoms with Crippen molar-refractivity contribution in [1.82, 2.24) is 9.55 Å². The SMILES string of the molecule is C=CCc1ccccc1OCCCn1c(CO)nc2ccccc21. The van der Waals surface area contributed by atoms with Crippen LogP contribution in [-0.4, -0.2) is 21.3 Å². The fraction of sp³-hybridized carbons (Fsp3) is 0.250. The third-order valence-electron chi connectivity index (χ3n) is 4.00. The predicted octanol–water partition coefficient (Wildman–Crippen LogP) is 3.73. The molecule has 0 saturated carbocycles. The lowest BCUT2D eigenvalue weighted by molar-refractivity contribution is 0.261. The first-order valence-electron chi connectivity index (χ1n) is 8.20. The normalized spacial score (nSPS) is 10.9. The summed E-state index contributed by atoms with van der Waals surface area (Å²) in [6, 6.07) is 16.0. The molecule has 0 atom stereocenters. The standard InChI is InChI=1S/C20H22N2O2/c1-2-8-16-9-3-6-12-19(16)24-14-7-13-22-18-11-5-4-10-17(18)21-20(22)15-23/h2-6,9-12,23H,1,7-8,13-15H2. The predicted molar refractivity (Wildman–Crippen MR) is 96.1 cm³/mol. The van der Waals surface area contributed by atoms with Crippen molar-refractivity contribution < 1.29 is 9.84 Å².